The molecular formula is C15H26N2O3. The third kappa shape index (κ3) is 2.97. The fourth-order valence-electron chi connectivity index (χ4n) is 3.16. The summed E-state index contributed by atoms with van der Waals surface area (Å²) in [5, 5.41) is 2.99. The van der Waals surface area contributed by atoms with Crippen molar-refractivity contribution in [2.45, 2.75) is 70.6 Å². The first-order chi connectivity index (χ1) is 9.46. The fourth-order valence-corrected chi connectivity index (χ4v) is 3.16. The maximum Gasteiger partial charge on any atom is 0.249 e. The first kappa shape index (κ1) is 15.3. The molecule has 114 valence electrons. The molecule has 1 N–H and O–H groups in total. The minimum atomic E-state index is -0.639. The number of ether oxygens (including phenoxy) is 1. The highest BCUT2D eigenvalue weighted by Crippen LogP contribution is 2.33. The molecule has 5 heteroatoms. The molecule has 0 aromatic rings. The Morgan fingerprint density at radius 3 is 2.55 bits per heavy atom. The van der Waals surface area contributed by atoms with Crippen molar-refractivity contribution in [2.75, 3.05) is 13.2 Å². The van der Waals surface area contributed by atoms with Crippen molar-refractivity contribution in [1.29, 1.82) is 0 Å². The summed E-state index contributed by atoms with van der Waals surface area (Å²) in [7, 11) is 0. The van der Waals surface area contributed by atoms with Crippen LogP contribution in [-0.2, 0) is 14.3 Å². The van der Waals surface area contributed by atoms with E-state index in [4.69, 9.17) is 4.74 Å². The Balaban J connectivity index is 2.07. The Morgan fingerprint density at radius 1 is 1.30 bits per heavy atom. The molecule has 2 aliphatic rings. The topological polar surface area (TPSA) is 58.6 Å². The molecular weight excluding hydrogens is 256 g/mol. The summed E-state index contributed by atoms with van der Waals surface area (Å²) in [5.74, 6) is 0.0488. The minimum absolute atomic E-state index is 0.0314. The van der Waals surface area contributed by atoms with Crippen LogP contribution >= 0.6 is 0 Å². The molecule has 1 saturated carbocycles. The fraction of sp³-hybridized carbons (Fsp3) is 0.867. The van der Waals surface area contributed by atoms with Crippen molar-refractivity contribution in [3.63, 3.8) is 0 Å². The van der Waals surface area contributed by atoms with Gasteiger partial charge in [-0.15, -0.1) is 0 Å². The van der Waals surface area contributed by atoms with Gasteiger partial charge in [-0.1, -0.05) is 19.3 Å². The van der Waals surface area contributed by atoms with Crippen molar-refractivity contribution >= 4 is 11.8 Å². The largest absolute Gasteiger partial charge is 0.377 e. The van der Waals surface area contributed by atoms with Gasteiger partial charge in [0.15, 0.2) is 0 Å². The zero-order valence-corrected chi connectivity index (χ0v) is 12.8. The summed E-state index contributed by atoms with van der Waals surface area (Å²) in [4.78, 5) is 26.7. The van der Waals surface area contributed by atoms with Crippen molar-refractivity contribution in [3.8, 4) is 0 Å². The molecule has 1 atom stereocenters. The van der Waals surface area contributed by atoms with E-state index in [9.17, 15) is 9.59 Å². The van der Waals surface area contributed by atoms with E-state index in [0.717, 1.165) is 32.1 Å². The second kappa shape index (κ2) is 6.12. The molecule has 5 nitrogen and oxygen atoms in total. The second-order valence-corrected chi connectivity index (χ2v) is 6.23. The van der Waals surface area contributed by atoms with E-state index < -0.39 is 11.6 Å². The number of rotatable bonds is 4. The third-order valence-corrected chi connectivity index (χ3v) is 4.37. The normalized spacial score (nSPS) is 26.2. The smallest absolute Gasteiger partial charge is 0.249 e. The molecule has 20 heavy (non-hydrogen) atoms. The molecule has 0 aromatic heterocycles. The van der Waals surface area contributed by atoms with Crippen LogP contribution in [0.25, 0.3) is 0 Å². The van der Waals surface area contributed by atoms with Gasteiger partial charge < -0.3 is 15.0 Å². The number of hydrogen-bond acceptors (Lipinski definition) is 3. The molecule has 2 fully saturated rings. The highest BCUT2D eigenvalue weighted by atomic mass is 16.5. The molecule has 2 amide bonds. The molecule has 0 aromatic carbocycles. The van der Waals surface area contributed by atoms with Crippen LogP contribution in [0.5, 0.6) is 0 Å². The number of nitrogens with zero attached hydrogens (tertiary/aromatic N) is 1. The van der Waals surface area contributed by atoms with Crippen LogP contribution in [0.3, 0.4) is 0 Å². The number of amides is 2. The standard InChI is InChI=1S/C15H26N2O3/c1-11(2)20-10-9-17-12(3)13(18)16-15(14(17)19)7-5-4-6-8-15/h11-12H,4-10H2,1-3H3,(H,16,18). The molecule has 1 heterocycles. The number of carbonyl (C=O) groups is 2. The molecule has 1 aliphatic carbocycles. The van der Waals surface area contributed by atoms with Crippen LogP contribution in [0.15, 0.2) is 0 Å². The monoisotopic (exact) mass is 282 g/mol. The summed E-state index contributed by atoms with van der Waals surface area (Å²) in [6.45, 7) is 6.70. The molecule has 1 saturated heterocycles. The highest BCUT2D eigenvalue weighted by Gasteiger charge is 2.49. The first-order valence-corrected chi connectivity index (χ1v) is 7.71. The summed E-state index contributed by atoms with van der Waals surface area (Å²) in [6.07, 6.45) is 4.85. The van der Waals surface area contributed by atoms with Crippen molar-refractivity contribution in [2.24, 2.45) is 0 Å². The van der Waals surface area contributed by atoms with Crippen LogP contribution in [0, 0.1) is 0 Å². The van der Waals surface area contributed by atoms with E-state index in [1.54, 1.807) is 11.8 Å². The number of hydrogen-bond donors (Lipinski definition) is 1. The van der Waals surface area contributed by atoms with Crippen molar-refractivity contribution in [3.05, 3.63) is 0 Å². The van der Waals surface area contributed by atoms with Gasteiger partial charge in [-0.3, -0.25) is 9.59 Å². The molecule has 0 bridgehead atoms. The Kier molecular flexibility index (Phi) is 4.68. The molecule has 1 aliphatic heterocycles. The number of piperazine rings is 1. The minimum Gasteiger partial charge on any atom is -0.377 e. The second-order valence-electron chi connectivity index (χ2n) is 6.23. The predicted octanol–water partition coefficient (Wildman–Crippen LogP) is 1.46. The third-order valence-electron chi connectivity index (χ3n) is 4.37. The van der Waals surface area contributed by atoms with Crippen LogP contribution in [0.4, 0.5) is 0 Å². The lowest BCUT2D eigenvalue weighted by atomic mass is 9.78. The van der Waals surface area contributed by atoms with Crippen LogP contribution in [0.1, 0.15) is 52.9 Å². The van der Waals surface area contributed by atoms with Crippen LogP contribution in [0.2, 0.25) is 0 Å². The van der Waals surface area contributed by atoms with Gasteiger partial charge in [0, 0.05) is 6.54 Å². The summed E-state index contributed by atoms with van der Waals surface area (Å²) < 4.78 is 5.53. The zero-order valence-electron chi connectivity index (χ0n) is 12.8. The van der Waals surface area contributed by atoms with Gasteiger partial charge in [0.25, 0.3) is 0 Å². The Bertz CT molecular complexity index is 375. The zero-order chi connectivity index (χ0) is 14.8. The molecule has 1 unspecified atom stereocenters. The average Bonchev–Trinajstić information content (AvgIpc) is 2.41. The molecule has 2 rings (SSSR count). The highest BCUT2D eigenvalue weighted by molar-refractivity contribution is 5.99. The SMILES string of the molecule is CC(C)OCCN1C(=O)C2(CCCCC2)NC(=O)C1C. The van der Waals surface area contributed by atoms with Gasteiger partial charge in [-0.25, -0.2) is 0 Å². The van der Waals surface area contributed by atoms with Crippen molar-refractivity contribution in [1.82, 2.24) is 10.2 Å². The van der Waals surface area contributed by atoms with Gasteiger partial charge in [-0.2, -0.15) is 0 Å². The van der Waals surface area contributed by atoms with E-state index in [-0.39, 0.29) is 17.9 Å². The Hall–Kier alpha value is -1.10. The van der Waals surface area contributed by atoms with Crippen molar-refractivity contribution < 1.29 is 14.3 Å². The van der Waals surface area contributed by atoms with E-state index in [2.05, 4.69) is 5.32 Å². The maximum atomic E-state index is 12.8. The van der Waals surface area contributed by atoms with Gasteiger partial charge in [-0.05, 0) is 33.6 Å². The quantitative estimate of drug-likeness (QED) is 0.849. The van der Waals surface area contributed by atoms with Gasteiger partial charge in [0.2, 0.25) is 11.8 Å². The Labute approximate surface area is 121 Å². The van der Waals surface area contributed by atoms with Gasteiger partial charge in [0.1, 0.15) is 11.6 Å². The lowest BCUT2D eigenvalue weighted by molar-refractivity contribution is -0.157. The van der Waals surface area contributed by atoms with E-state index in [1.807, 2.05) is 13.8 Å². The van der Waals surface area contributed by atoms with E-state index in [1.165, 1.54) is 0 Å². The predicted molar refractivity (Wildman–Crippen MR) is 76.2 cm³/mol. The van der Waals surface area contributed by atoms with Gasteiger partial charge >= 0.3 is 0 Å². The molecule has 0 radical (unpaired) electrons. The number of carbonyl (C=O) groups excluding carboxylic acids is 2. The Morgan fingerprint density at radius 2 is 1.95 bits per heavy atom. The first-order valence-electron chi connectivity index (χ1n) is 7.71. The lowest BCUT2D eigenvalue weighted by Gasteiger charge is -2.46. The van der Waals surface area contributed by atoms with Gasteiger partial charge in [0.05, 0.1) is 12.7 Å². The van der Waals surface area contributed by atoms with Crippen LogP contribution < -0.4 is 5.32 Å². The summed E-state index contributed by atoms with van der Waals surface area (Å²) in [5.41, 5.74) is -0.639. The summed E-state index contributed by atoms with van der Waals surface area (Å²) in [6, 6.07) is -0.397. The maximum absolute atomic E-state index is 12.8. The lowest BCUT2D eigenvalue weighted by Crippen LogP contribution is -2.70. The van der Waals surface area contributed by atoms with E-state index >= 15 is 0 Å². The average molecular weight is 282 g/mol. The van der Waals surface area contributed by atoms with E-state index in [0.29, 0.717) is 13.2 Å². The molecule has 1 spiro atoms. The van der Waals surface area contributed by atoms with Crippen LogP contribution in [-0.4, -0.2) is 47.6 Å². The summed E-state index contributed by atoms with van der Waals surface area (Å²) >= 11 is 0. The number of nitrogens with one attached hydrogen (secondary N) is 1.